The average molecular weight is 262 g/mol. The molecule has 1 atom stereocenters. The van der Waals surface area contributed by atoms with E-state index in [0.29, 0.717) is 12.2 Å². The van der Waals surface area contributed by atoms with Gasteiger partial charge in [-0.15, -0.1) is 0 Å². The normalized spacial score (nSPS) is 14.3. The summed E-state index contributed by atoms with van der Waals surface area (Å²) in [7, 11) is 0. The number of nitrogens with zero attached hydrogens (tertiary/aromatic N) is 2. The predicted octanol–water partition coefficient (Wildman–Crippen LogP) is 3.08. The summed E-state index contributed by atoms with van der Waals surface area (Å²) in [5.74, 6) is 0.0971. The Bertz CT molecular complexity index is 553. The standard InChI is InChI=1S/C15H19FN2O/c1-3-10-18-11-9-17-14(18)15(19,4-2)12-7-5-6-8-13(12)16/h5-9,11,19H,3-4,10H2,1-2H3. The summed E-state index contributed by atoms with van der Waals surface area (Å²) in [4.78, 5) is 4.24. The number of aryl methyl sites for hydroxylation is 1. The number of rotatable bonds is 5. The fourth-order valence-corrected chi connectivity index (χ4v) is 2.36. The second kappa shape index (κ2) is 5.53. The first kappa shape index (κ1) is 13.7. The van der Waals surface area contributed by atoms with Gasteiger partial charge in [0.2, 0.25) is 0 Å². The van der Waals surface area contributed by atoms with E-state index in [9.17, 15) is 9.50 Å². The van der Waals surface area contributed by atoms with Crippen LogP contribution >= 0.6 is 0 Å². The van der Waals surface area contributed by atoms with Crippen molar-refractivity contribution in [2.45, 2.75) is 38.8 Å². The van der Waals surface area contributed by atoms with Crippen LogP contribution < -0.4 is 0 Å². The first-order chi connectivity index (χ1) is 9.13. The maximum atomic E-state index is 14.0. The van der Waals surface area contributed by atoms with Crippen LogP contribution in [0.5, 0.6) is 0 Å². The van der Waals surface area contributed by atoms with Crippen molar-refractivity contribution < 1.29 is 9.50 Å². The number of aliphatic hydroxyl groups is 1. The van der Waals surface area contributed by atoms with Crippen molar-refractivity contribution in [2.75, 3.05) is 0 Å². The molecule has 102 valence electrons. The highest BCUT2D eigenvalue weighted by Gasteiger charge is 2.36. The highest BCUT2D eigenvalue weighted by atomic mass is 19.1. The Hall–Kier alpha value is -1.68. The van der Waals surface area contributed by atoms with Gasteiger partial charge in [-0.1, -0.05) is 32.0 Å². The molecule has 0 fully saturated rings. The second-order valence-corrected chi connectivity index (χ2v) is 4.64. The van der Waals surface area contributed by atoms with Crippen molar-refractivity contribution in [3.05, 3.63) is 53.9 Å². The van der Waals surface area contributed by atoms with Crippen molar-refractivity contribution in [3.63, 3.8) is 0 Å². The molecule has 1 aromatic carbocycles. The summed E-state index contributed by atoms with van der Waals surface area (Å²) in [5.41, 5.74) is -1.11. The SMILES string of the molecule is CCCn1ccnc1C(O)(CC)c1ccccc1F. The fraction of sp³-hybridized carbons (Fsp3) is 0.400. The molecule has 0 bridgehead atoms. The van der Waals surface area contributed by atoms with Gasteiger partial charge in [-0.05, 0) is 18.9 Å². The van der Waals surface area contributed by atoms with E-state index in [1.807, 2.05) is 17.7 Å². The van der Waals surface area contributed by atoms with E-state index >= 15 is 0 Å². The van der Waals surface area contributed by atoms with E-state index in [4.69, 9.17) is 0 Å². The third-order valence-corrected chi connectivity index (χ3v) is 3.38. The van der Waals surface area contributed by atoms with Gasteiger partial charge in [0.15, 0.2) is 0 Å². The zero-order chi connectivity index (χ0) is 13.9. The third-order valence-electron chi connectivity index (χ3n) is 3.38. The largest absolute Gasteiger partial charge is 0.377 e. The smallest absolute Gasteiger partial charge is 0.150 e. The van der Waals surface area contributed by atoms with E-state index < -0.39 is 11.4 Å². The molecule has 1 aromatic heterocycles. The summed E-state index contributed by atoms with van der Waals surface area (Å²) in [6.45, 7) is 4.64. The van der Waals surface area contributed by atoms with Crippen molar-refractivity contribution in [1.29, 1.82) is 0 Å². The van der Waals surface area contributed by atoms with Gasteiger partial charge in [-0.3, -0.25) is 0 Å². The summed E-state index contributed by atoms with van der Waals surface area (Å²) in [6.07, 6.45) is 4.77. The predicted molar refractivity (Wildman–Crippen MR) is 72.2 cm³/mol. The first-order valence-corrected chi connectivity index (χ1v) is 6.62. The zero-order valence-electron chi connectivity index (χ0n) is 11.3. The van der Waals surface area contributed by atoms with E-state index in [0.717, 1.165) is 13.0 Å². The monoisotopic (exact) mass is 262 g/mol. The van der Waals surface area contributed by atoms with E-state index in [2.05, 4.69) is 11.9 Å². The van der Waals surface area contributed by atoms with Crippen LogP contribution in [-0.2, 0) is 12.1 Å². The second-order valence-electron chi connectivity index (χ2n) is 4.64. The van der Waals surface area contributed by atoms with Gasteiger partial charge in [-0.25, -0.2) is 9.37 Å². The topological polar surface area (TPSA) is 38.0 Å². The van der Waals surface area contributed by atoms with Gasteiger partial charge >= 0.3 is 0 Å². The highest BCUT2D eigenvalue weighted by Crippen LogP contribution is 2.33. The van der Waals surface area contributed by atoms with E-state index in [1.54, 1.807) is 24.4 Å². The van der Waals surface area contributed by atoms with Crippen LogP contribution in [0.3, 0.4) is 0 Å². The number of benzene rings is 1. The molecule has 19 heavy (non-hydrogen) atoms. The van der Waals surface area contributed by atoms with Crippen LogP contribution in [0.25, 0.3) is 0 Å². The molecular formula is C15H19FN2O. The molecule has 2 rings (SSSR count). The lowest BCUT2D eigenvalue weighted by atomic mass is 9.89. The molecule has 0 aliphatic rings. The number of hydrogen-bond acceptors (Lipinski definition) is 2. The van der Waals surface area contributed by atoms with Crippen LogP contribution in [0.2, 0.25) is 0 Å². The highest BCUT2D eigenvalue weighted by molar-refractivity contribution is 5.31. The maximum absolute atomic E-state index is 14.0. The lowest BCUT2D eigenvalue weighted by molar-refractivity contribution is 0.0592. The van der Waals surface area contributed by atoms with Gasteiger partial charge in [0.05, 0.1) is 0 Å². The van der Waals surface area contributed by atoms with Crippen LogP contribution in [0.4, 0.5) is 4.39 Å². The number of hydrogen-bond donors (Lipinski definition) is 1. The van der Waals surface area contributed by atoms with Gasteiger partial charge in [0.25, 0.3) is 0 Å². The van der Waals surface area contributed by atoms with Crippen LogP contribution in [0.1, 0.15) is 38.1 Å². The number of aromatic nitrogens is 2. The summed E-state index contributed by atoms with van der Waals surface area (Å²) in [6, 6.07) is 6.33. The quantitative estimate of drug-likeness (QED) is 0.899. The molecule has 0 saturated heterocycles. The van der Waals surface area contributed by atoms with Crippen molar-refractivity contribution in [1.82, 2.24) is 9.55 Å². The molecule has 1 heterocycles. The molecular weight excluding hydrogens is 243 g/mol. The molecule has 0 saturated carbocycles. The summed E-state index contributed by atoms with van der Waals surface area (Å²) >= 11 is 0. The van der Waals surface area contributed by atoms with Gasteiger partial charge < -0.3 is 9.67 Å². The lowest BCUT2D eigenvalue weighted by Crippen LogP contribution is -2.31. The molecule has 3 nitrogen and oxygen atoms in total. The lowest BCUT2D eigenvalue weighted by Gasteiger charge is -2.28. The summed E-state index contributed by atoms with van der Waals surface area (Å²) < 4.78 is 15.9. The van der Waals surface area contributed by atoms with Crippen molar-refractivity contribution in [2.24, 2.45) is 0 Å². The maximum Gasteiger partial charge on any atom is 0.150 e. The molecule has 0 aliphatic carbocycles. The van der Waals surface area contributed by atoms with Crippen LogP contribution in [0, 0.1) is 5.82 Å². The Balaban J connectivity index is 2.54. The third kappa shape index (κ3) is 2.40. The average Bonchev–Trinajstić information content (AvgIpc) is 2.88. The Kier molecular flexibility index (Phi) is 4.00. The van der Waals surface area contributed by atoms with Crippen molar-refractivity contribution >= 4 is 0 Å². The molecule has 2 aromatic rings. The summed E-state index contributed by atoms with van der Waals surface area (Å²) in [5, 5.41) is 10.9. The minimum Gasteiger partial charge on any atom is -0.377 e. The van der Waals surface area contributed by atoms with Crippen molar-refractivity contribution in [3.8, 4) is 0 Å². The van der Waals surface area contributed by atoms with Gasteiger partial charge in [0, 0.05) is 24.5 Å². The molecule has 0 spiro atoms. The number of halogens is 1. The molecule has 1 N–H and O–H groups in total. The molecule has 0 radical (unpaired) electrons. The number of imidazole rings is 1. The zero-order valence-corrected chi connectivity index (χ0v) is 11.3. The Morgan fingerprint density at radius 1 is 1.32 bits per heavy atom. The molecule has 4 heteroatoms. The van der Waals surface area contributed by atoms with Gasteiger partial charge in [0.1, 0.15) is 17.2 Å². The van der Waals surface area contributed by atoms with Gasteiger partial charge in [-0.2, -0.15) is 0 Å². The minimum atomic E-state index is -1.38. The molecule has 0 amide bonds. The first-order valence-electron chi connectivity index (χ1n) is 6.62. The Labute approximate surface area is 112 Å². The van der Waals surface area contributed by atoms with Crippen LogP contribution in [0.15, 0.2) is 36.7 Å². The minimum absolute atomic E-state index is 0.279. The fourth-order valence-electron chi connectivity index (χ4n) is 2.36. The molecule has 0 aliphatic heterocycles. The Morgan fingerprint density at radius 3 is 2.68 bits per heavy atom. The Morgan fingerprint density at radius 2 is 2.05 bits per heavy atom. The molecule has 1 unspecified atom stereocenters. The van der Waals surface area contributed by atoms with Crippen LogP contribution in [-0.4, -0.2) is 14.7 Å². The van der Waals surface area contributed by atoms with E-state index in [1.165, 1.54) is 6.07 Å². The van der Waals surface area contributed by atoms with E-state index in [-0.39, 0.29) is 5.56 Å².